The first kappa shape index (κ1) is 12.1. The van der Waals surface area contributed by atoms with Crippen LogP contribution in [0.2, 0.25) is 0 Å². The van der Waals surface area contributed by atoms with E-state index in [4.69, 9.17) is 0 Å². The molecular formula is C12H20N4O. The van der Waals surface area contributed by atoms with Crippen LogP contribution in [0.3, 0.4) is 0 Å². The van der Waals surface area contributed by atoms with E-state index in [1.54, 1.807) is 17.3 Å². The highest BCUT2D eigenvalue weighted by atomic mass is 16.2. The average Bonchev–Trinajstić information content (AvgIpc) is 2.84. The fraction of sp³-hybridized carbons (Fsp3) is 0.667. The molecule has 1 aromatic heterocycles. The molecule has 1 aromatic rings. The van der Waals surface area contributed by atoms with Gasteiger partial charge in [-0.15, -0.1) is 0 Å². The molecule has 1 atom stereocenters. The highest BCUT2D eigenvalue weighted by Gasteiger charge is 2.22. The van der Waals surface area contributed by atoms with E-state index in [1.807, 2.05) is 7.05 Å². The molecule has 1 saturated heterocycles. The van der Waals surface area contributed by atoms with Crippen molar-refractivity contribution in [1.29, 1.82) is 0 Å². The molecule has 5 nitrogen and oxygen atoms in total. The summed E-state index contributed by atoms with van der Waals surface area (Å²) in [5.41, 5.74) is 0.631. The van der Waals surface area contributed by atoms with Crippen molar-refractivity contribution in [3.05, 3.63) is 18.0 Å². The number of carbonyl (C=O) groups excluding carboxylic acids is 1. The third kappa shape index (κ3) is 2.85. The van der Waals surface area contributed by atoms with Crippen LogP contribution in [0.1, 0.15) is 29.6 Å². The summed E-state index contributed by atoms with van der Waals surface area (Å²) in [5.74, 6) is 0.0396. The lowest BCUT2D eigenvalue weighted by atomic mass is 10.0. The van der Waals surface area contributed by atoms with Gasteiger partial charge in [-0.1, -0.05) is 6.42 Å². The summed E-state index contributed by atoms with van der Waals surface area (Å²) in [6.07, 6.45) is 6.93. The Morgan fingerprint density at radius 2 is 2.47 bits per heavy atom. The number of likely N-dealkylation sites (tertiary alicyclic amines) is 1. The second kappa shape index (κ2) is 5.31. The second-order valence-corrected chi connectivity index (χ2v) is 4.80. The van der Waals surface area contributed by atoms with E-state index < -0.39 is 0 Å². The number of H-pyrrole nitrogens is 1. The normalized spacial score (nSPS) is 21.4. The van der Waals surface area contributed by atoms with Gasteiger partial charge in [-0.25, -0.2) is 0 Å². The predicted octanol–water partition coefficient (Wildman–Crippen LogP) is 0.966. The Morgan fingerprint density at radius 1 is 1.65 bits per heavy atom. The third-order valence-corrected chi connectivity index (χ3v) is 3.50. The number of likely N-dealkylation sites (N-methyl/N-ethyl adjacent to an activating group) is 2. The Balaban J connectivity index is 1.92. The standard InChI is InChI=1S/C12H20N4O/c1-15-6-4-3-5-11(15)9-16(2)12(17)10-7-13-14-8-10/h7-8,11H,3-6,9H2,1-2H3,(H,13,14). The van der Waals surface area contributed by atoms with Gasteiger partial charge in [0.2, 0.25) is 0 Å². The third-order valence-electron chi connectivity index (χ3n) is 3.50. The van der Waals surface area contributed by atoms with Crippen molar-refractivity contribution in [1.82, 2.24) is 20.0 Å². The Hall–Kier alpha value is -1.36. The number of aromatic nitrogens is 2. The van der Waals surface area contributed by atoms with Crippen LogP contribution in [-0.2, 0) is 0 Å². The van der Waals surface area contributed by atoms with E-state index in [-0.39, 0.29) is 5.91 Å². The molecule has 1 aliphatic rings. The number of rotatable bonds is 3. The first-order chi connectivity index (χ1) is 8.18. The van der Waals surface area contributed by atoms with Crippen LogP contribution in [0.25, 0.3) is 0 Å². The minimum absolute atomic E-state index is 0.0396. The lowest BCUT2D eigenvalue weighted by molar-refractivity contribution is 0.0717. The minimum Gasteiger partial charge on any atom is -0.340 e. The van der Waals surface area contributed by atoms with E-state index in [2.05, 4.69) is 22.1 Å². The number of nitrogens with zero attached hydrogens (tertiary/aromatic N) is 3. The van der Waals surface area contributed by atoms with Crippen LogP contribution >= 0.6 is 0 Å². The molecule has 0 aliphatic carbocycles. The molecular weight excluding hydrogens is 216 g/mol. The van der Waals surface area contributed by atoms with Gasteiger partial charge in [0.1, 0.15) is 0 Å². The largest absolute Gasteiger partial charge is 0.340 e. The lowest BCUT2D eigenvalue weighted by Crippen LogP contribution is -2.45. The van der Waals surface area contributed by atoms with E-state index >= 15 is 0 Å². The molecule has 0 aromatic carbocycles. The Labute approximate surface area is 102 Å². The summed E-state index contributed by atoms with van der Waals surface area (Å²) in [4.78, 5) is 16.2. The molecule has 0 saturated carbocycles. The maximum atomic E-state index is 12.0. The van der Waals surface area contributed by atoms with Gasteiger partial charge in [-0.3, -0.25) is 9.89 Å². The zero-order valence-electron chi connectivity index (χ0n) is 10.5. The van der Waals surface area contributed by atoms with E-state index in [0.29, 0.717) is 11.6 Å². The van der Waals surface area contributed by atoms with Gasteiger partial charge in [-0.2, -0.15) is 5.10 Å². The van der Waals surface area contributed by atoms with Crippen molar-refractivity contribution >= 4 is 5.91 Å². The van der Waals surface area contributed by atoms with Gasteiger partial charge in [0.15, 0.2) is 0 Å². The number of carbonyl (C=O) groups is 1. The number of aromatic amines is 1. The van der Waals surface area contributed by atoms with Crippen molar-refractivity contribution in [3.63, 3.8) is 0 Å². The van der Waals surface area contributed by atoms with Crippen LogP contribution < -0.4 is 0 Å². The predicted molar refractivity (Wildman–Crippen MR) is 65.8 cm³/mol. The summed E-state index contributed by atoms with van der Waals surface area (Å²) < 4.78 is 0. The average molecular weight is 236 g/mol. The molecule has 0 bridgehead atoms. The van der Waals surface area contributed by atoms with Crippen molar-refractivity contribution in [2.24, 2.45) is 0 Å². The van der Waals surface area contributed by atoms with Gasteiger partial charge in [0.25, 0.3) is 5.91 Å². The SMILES string of the molecule is CN(CC1CCCCN1C)C(=O)c1cn[nH]c1. The monoisotopic (exact) mass is 236 g/mol. The van der Waals surface area contributed by atoms with Crippen LogP contribution in [0, 0.1) is 0 Å². The van der Waals surface area contributed by atoms with Gasteiger partial charge >= 0.3 is 0 Å². The summed E-state index contributed by atoms with van der Waals surface area (Å²) in [5, 5.41) is 6.47. The highest BCUT2D eigenvalue weighted by Crippen LogP contribution is 2.16. The summed E-state index contributed by atoms with van der Waals surface area (Å²) >= 11 is 0. The molecule has 1 aliphatic heterocycles. The summed E-state index contributed by atoms with van der Waals surface area (Å²) in [7, 11) is 4.00. The Morgan fingerprint density at radius 3 is 3.12 bits per heavy atom. The smallest absolute Gasteiger partial charge is 0.256 e. The van der Waals surface area contributed by atoms with Crippen molar-refractivity contribution in [3.8, 4) is 0 Å². The fourth-order valence-corrected chi connectivity index (χ4v) is 2.36. The van der Waals surface area contributed by atoms with Crippen LogP contribution in [-0.4, -0.2) is 59.1 Å². The Kier molecular flexibility index (Phi) is 3.78. The lowest BCUT2D eigenvalue weighted by Gasteiger charge is -2.35. The van der Waals surface area contributed by atoms with Gasteiger partial charge in [0.05, 0.1) is 11.8 Å². The van der Waals surface area contributed by atoms with Crippen molar-refractivity contribution < 1.29 is 4.79 Å². The molecule has 1 N–H and O–H groups in total. The number of hydrogen-bond donors (Lipinski definition) is 1. The maximum Gasteiger partial charge on any atom is 0.256 e. The van der Waals surface area contributed by atoms with Crippen LogP contribution in [0.4, 0.5) is 0 Å². The number of nitrogens with one attached hydrogen (secondary N) is 1. The van der Waals surface area contributed by atoms with Crippen molar-refractivity contribution in [2.75, 3.05) is 27.2 Å². The quantitative estimate of drug-likeness (QED) is 0.850. The van der Waals surface area contributed by atoms with Gasteiger partial charge in [-0.05, 0) is 26.4 Å². The topological polar surface area (TPSA) is 52.2 Å². The number of hydrogen-bond acceptors (Lipinski definition) is 3. The van der Waals surface area contributed by atoms with Crippen LogP contribution in [0.15, 0.2) is 12.4 Å². The zero-order chi connectivity index (χ0) is 12.3. The molecule has 0 radical (unpaired) electrons. The van der Waals surface area contributed by atoms with Gasteiger partial charge < -0.3 is 9.80 Å². The Bertz CT molecular complexity index is 363. The minimum atomic E-state index is 0.0396. The number of amides is 1. The summed E-state index contributed by atoms with van der Waals surface area (Å²) in [6, 6.07) is 0.490. The van der Waals surface area contributed by atoms with Gasteiger partial charge in [0, 0.05) is 25.8 Å². The molecule has 1 unspecified atom stereocenters. The van der Waals surface area contributed by atoms with E-state index in [0.717, 1.165) is 13.1 Å². The number of piperidine rings is 1. The molecule has 0 spiro atoms. The summed E-state index contributed by atoms with van der Waals surface area (Å²) in [6.45, 7) is 1.93. The van der Waals surface area contributed by atoms with E-state index in [9.17, 15) is 4.79 Å². The molecule has 94 valence electrons. The molecule has 2 heterocycles. The molecule has 1 amide bonds. The van der Waals surface area contributed by atoms with Crippen LogP contribution in [0.5, 0.6) is 0 Å². The maximum absolute atomic E-state index is 12.0. The first-order valence-corrected chi connectivity index (χ1v) is 6.13. The fourth-order valence-electron chi connectivity index (χ4n) is 2.36. The first-order valence-electron chi connectivity index (χ1n) is 6.13. The second-order valence-electron chi connectivity index (χ2n) is 4.80. The van der Waals surface area contributed by atoms with E-state index in [1.165, 1.54) is 19.3 Å². The highest BCUT2D eigenvalue weighted by molar-refractivity contribution is 5.93. The molecule has 2 rings (SSSR count). The zero-order valence-corrected chi connectivity index (χ0v) is 10.5. The molecule has 17 heavy (non-hydrogen) atoms. The molecule has 5 heteroatoms. The van der Waals surface area contributed by atoms with Crippen molar-refractivity contribution in [2.45, 2.75) is 25.3 Å². The molecule has 1 fully saturated rings.